The second-order valence-electron chi connectivity index (χ2n) is 5.92. The predicted molar refractivity (Wildman–Crippen MR) is 93.6 cm³/mol. The van der Waals surface area contributed by atoms with E-state index in [4.69, 9.17) is 9.47 Å². The Hall–Kier alpha value is -2.53. The molecule has 0 saturated carbocycles. The minimum atomic E-state index is 0.621. The Labute approximate surface area is 141 Å². The third-order valence-corrected chi connectivity index (χ3v) is 4.17. The Morgan fingerprint density at radius 1 is 1.04 bits per heavy atom. The van der Waals surface area contributed by atoms with Gasteiger partial charge in [-0.1, -0.05) is 24.3 Å². The lowest BCUT2D eigenvalue weighted by Gasteiger charge is -2.21. The molecule has 24 heavy (non-hydrogen) atoms. The van der Waals surface area contributed by atoms with E-state index in [2.05, 4.69) is 27.4 Å². The first-order chi connectivity index (χ1) is 11.9. The second-order valence-corrected chi connectivity index (χ2v) is 5.92. The van der Waals surface area contributed by atoms with Crippen molar-refractivity contribution in [3.63, 3.8) is 0 Å². The highest BCUT2D eigenvalue weighted by molar-refractivity contribution is 5.74. The number of hydrogen-bond acceptors (Lipinski definition) is 4. The summed E-state index contributed by atoms with van der Waals surface area (Å²) in [7, 11) is 0. The molecule has 5 nitrogen and oxygen atoms in total. The van der Waals surface area contributed by atoms with Crippen molar-refractivity contribution in [3.05, 3.63) is 53.9 Å². The van der Waals surface area contributed by atoms with Crippen molar-refractivity contribution >= 4 is 11.0 Å². The Bertz CT molecular complexity index is 795. The first kappa shape index (κ1) is 15.0. The minimum Gasteiger partial charge on any atom is -0.486 e. The number of H-pyrrole nitrogens is 1. The zero-order valence-electron chi connectivity index (χ0n) is 13.5. The fraction of sp³-hybridized carbons (Fsp3) is 0.316. The fourth-order valence-corrected chi connectivity index (χ4v) is 3.00. The van der Waals surface area contributed by atoms with Crippen LogP contribution in [0.4, 0.5) is 0 Å². The minimum absolute atomic E-state index is 0.621. The normalized spacial score (nSPS) is 13.3. The molecule has 5 heteroatoms. The van der Waals surface area contributed by atoms with E-state index in [1.54, 1.807) is 0 Å². The number of aromatic amines is 1. The highest BCUT2D eigenvalue weighted by Crippen LogP contribution is 2.33. The zero-order valence-corrected chi connectivity index (χ0v) is 13.5. The summed E-state index contributed by atoms with van der Waals surface area (Å²) >= 11 is 0. The Morgan fingerprint density at radius 3 is 2.92 bits per heavy atom. The zero-order chi connectivity index (χ0) is 16.2. The number of aromatic nitrogens is 2. The van der Waals surface area contributed by atoms with Crippen LogP contribution in [0.15, 0.2) is 42.5 Å². The van der Waals surface area contributed by atoms with E-state index in [1.807, 2.05) is 30.3 Å². The average molecular weight is 323 g/mol. The van der Waals surface area contributed by atoms with Gasteiger partial charge in [-0.2, -0.15) is 0 Å². The summed E-state index contributed by atoms with van der Waals surface area (Å²) in [6.45, 7) is 2.96. The molecule has 124 valence electrons. The Balaban J connectivity index is 1.28. The molecule has 1 aliphatic heterocycles. The van der Waals surface area contributed by atoms with Crippen molar-refractivity contribution in [2.75, 3.05) is 19.8 Å². The van der Waals surface area contributed by atoms with E-state index in [0.29, 0.717) is 13.2 Å². The summed E-state index contributed by atoms with van der Waals surface area (Å²) in [6.07, 6.45) is 1.97. The molecule has 0 atom stereocenters. The van der Waals surface area contributed by atoms with E-state index in [0.717, 1.165) is 59.9 Å². The molecular formula is C19H21N3O2. The third-order valence-electron chi connectivity index (χ3n) is 4.17. The quantitative estimate of drug-likeness (QED) is 0.685. The van der Waals surface area contributed by atoms with Gasteiger partial charge in [0.2, 0.25) is 0 Å². The fourth-order valence-electron chi connectivity index (χ4n) is 3.00. The van der Waals surface area contributed by atoms with Gasteiger partial charge >= 0.3 is 0 Å². The lowest BCUT2D eigenvalue weighted by Crippen LogP contribution is -2.20. The number of nitrogens with one attached hydrogen (secondary N) is 2. The van der Waals surface area contributed by atoms with Gasteiger partial charge in [0.1, 0.15) is 19.0 Å². The van der Waals surface area contributed by atoms with E-state index in [1.165, 1.54) is 0 Å². The summed E-state index contributed by atoms with van der Waals surface area (Å²) in [6, 6.07) is 14.2. The number of fused-ring (bicyclic) bond motifs is 2. The topological polar surface area (TPSA) is 59.2 Å². The molecule has 0 fully saturated rings. The first-order valence-corrected chi connectivity index (χ1v) is 8.42. The van der Waals surface area contributed by atoms with Gasteiger partial charge in [0.15, 0.2) is 11.5 Å². The standard InChI is InChI=1S/C19H21N3O2/c1-2-7-16-15(6-1)21-18(22-16)9-4-10-20-13-14-5-3-8-17-19(14)24-12-11-23-17/h1-3,5-8,20H,4,9-13H2,(H,21,22). The molecule has 0 unspecified atom stereocenters. The van der Waals surface area contributed by atoms with Crippen molar-refractivity contribution in [2.24, 2.45) is 0 Å². The highest BCUT2D eigenvalue weighted by atomic mass is 16.6. The molecule has 0 radical (unpaired) electrons. The Morgan fingerprint density at radius 2 is 1.96 bits per heavy atom. The number of imidazole rings is 1. The number of ether oxygens (including phenoxy) is 2. The van der Waals surface area contributed by atoms with Gasteiger partial charge in [-0.3, -0.25) is 0 Å². The van der Waals surface area contributed by atoms with Gasteiger partial charge < -0.3 is 19.8 Å². The van der Waals surface area contributed by atoms with Crippen LogP contribution in [0.3, 0.4) is 0 Å². The van der Waals surface area contributed by atoms with Crippen LogP contribution < -0.4 is 14.8 Å². The second kappa shape index (κ2) is 6.93. The molecule has 3 aromatic rings. The molecule has 2 N–H and O–H groups in total. The van der Waals surface area contributed by atoms with Crippen LogP contribution in [-0.4, -0.2) is 29.7 Å². The lowest BCUT2D eigenvalue weighted by atomic mass is 10.1. The van der Waals surface area contributed by atoms with Gasteiger partial charge in [0, 0.05) is 18.5 Å². The average Bonchev–Trinajstić information content (AvgIpc) is 3.04. The van der Waals surface area contributed by atoms with E-state index in [-0.39, 0.29) is 0 Å². The number of aryl methyl sites for hydroxylation is 1. The summed E-state index contributed by atoms with van der Waals surface area (Å²) in [5.41, 5.74) is 3.29. The van der Waals surface area contributed by atoms with Crippen LogP contribution in [-0.2, 0) is 13.0 Å². The van der Waals surface area contributed by atoms with Crippen LogP contribution in [0.2, 0.25) is 0 Å². The monoisotopic (exact) mass is 323 g/mol. The van der Waals surface area contributed by atoms with Crippen LogP contribution in [0.1, 0.15) is 17.8 Å². The van der Waals surface area contributed by atoms with Crippen molar-refractivity contribution in [2.45, 2.75) is 19.4 Å². The van der Waals surface area contributed by atoms with Crippen molar-refractivity contribution in [1.82, 2.24) is 15.3 Å². The molecule has 1 aromatic heterocycles. The maximum atomic E-state index is 5.73. The molecule has 2 heterocycles. The van der Waals surface area contributed by atoms with Crippen LogP contribution in [0.25, 0.3) is 11.0 Å². The molecule has 1 aliphatic rings. The predicted octanol–water partition coefficient (Wildman–Crippen LogP) is 3.06. The van der Waals surface area contributed by atoms with Gasteiger partial charge in [-0.15, -0.1) is 0 Å². The molecule has 2 aromatic carbocycles. The number of rotatable bonds is 6. The first-order valence-electron chi connectivity index (χ1n) is 8.42. The van der Waals surface area contributed by atoms with Gasteiger partial charge in [-0.05, 0) is 31.2 Å². The van der Waals surface area contributed by atoms with Crippen LogP contribution in [0, 0.1) is 0 Å². The van der Waals surface area contributed by atoms with E-state index in [9.17, 15) is 0 Å². The molecule has 0 saturated heterocycles. The van der Waals surface area contributed by atoms with Crippen LogP contribution in [0.5, 0.6) is 11.5 Å². The van der Waals surface area contributed by atoms with Crippen molar-refractivity contribution in [1.29, 1.82) is 0 Å². The molecule has 0 spiro atoms. The third kappa shape index (κ3) is 3.21. The largest absolute Gasteiger partial charge is 0.486 e. The summed E-state index contributed by atoms with van der Waals surface area (Å²) < 4.78 is 11.3. The number of nitrogens with zero attached hydrogens (tertiary/aromatic N) is 1. The smallest absolute Gasteiger partial charge is 0.165 e. The maximum absolute atomic E-state index is 5.73. The number of benzene rings is 2. The summed E-state index contributed by atoms with van der Waals surface area (Å²) in [5, 5.41) is 3.48. The van der Waals surface area contributed by atoms with Crippen molar-refractivity contribution < 1.29 is 9.47 Å². The molecular weight excluding hydrogens is 302 g/mol. The maximum Gasteiger partial charge on any atom is 0.165 e. The van der Waals surface area contributed by atoms with E-state index >= 15 is 0 Å². The lowest BCUT2D eigenvalue weighted by molar-refractivity contribution is 0.169. The highest BCUT2D eigenvalue weighted by Gasteiger charge is 2.14. The van der Waals surface area contributed by atoms with Crippen molar-refractivity contribution in [3.8, 4) is 11.5 Å². The van der Waals surface area contributed by atoms with Gasteiger partial charge in [0.25, 0.3) is 0 Å². The SMILES string of the molecule is c1cc(CNCCCc2nc3ccccc3[nH]2)c2c(c1)OCCO2. The molecule has 0 aliphatic carbocycles. The summed E-state index contributed by atoms with van der Waals surface area (Å²) in [4.78, 5) is 7.98. The Kier molecular flexibility index (Phi) is 4.34. The number of para-hydroxylation sites is 3. The van der Waals surface area contributed by atoms with E-state index < -0.39 is 0 Å². The van der Waals surface area contributed by atoms with Crippen LogP contribution >= 0.6 is 0 Å². The molecule has 0 bridgehead atoms. The molecule has 4 rings (SSSR count). The van der Waals surface area contributed by atoms with Gasteiger partial charge in [0.05, 0.1) is 11.0 Å². The van der Waals surface area contributed by atoms with Gasteiger partial charge in [-0.25, -0.2) is 4.98 Å². The summed E-state index contributed by atoms with van der Waals surface area (Å²) in [5.74, 6) is 2.78. The molecule has 0 amide bonds. The number of hydrogen-bond donors (Lipinski definition) is 2.